The Bertz CT molecular complexity index is 645. The number of fused-ring (bicyclic) bond motifs is 1. The van der Waals surface area contributed by atoms with E-state index in [-0.39, 0.29) is 5.56 Å². The van der Waals surface area contributed by atoms with Gasteiger partial charge >= 0.3 is 0 Å². The lowest BCUT2D eigenvalue weighted by Crippen LogP contribution is -2.19. The largest absolute Gasteiger partial charge is 0.497 e. The summed E-state index contributed by atoms with van der Waals surface area (Å²) >= 11 is 0. The van der Waals surface area contributed by atoms with Gasteiger partial charge in [-0.3, -0.25) is 4.79 Å². The molecule has 0 aliphatic carbocycles. The molecule has 1 aromatic heterocycles. The van der Waals surface area contributed by atoms with Crippen LogP contribution in [0.25, 0.3) is 10.8 Å². The molecule has 0 radical (unpaired) electrons. The van der Waals surface area contributed by atoms with E-state index in [0.717, 1.165) is 29.5 Å². The van der Waals surface area contributed by atoms with Crippen LogP contribution in [-0.4, -0.2) is 11.7 Å². The molecule has 3 nitrogen and oxygen atoms in total. The fourth-order valence-corrected chi connectivity index (χ4v) is 2.81. The first-order chi connectivity index (χ1) is 10.8. The van der Waals surface area contributed by atoms with E-state index in [1.165, 1.54) is 38.5 Å². The highest BCUT2D eigenvalue weighted by atomic mass is 16.5. The van der Waals surface area contributed by atoms with Crippen LogP contribution < -0.4 is 10.3 Å². The number of aryl methyl sites for hydroxylation is 1. The van der Waals surface area contributed by atoms with Crippen LogP contribution in [0, 0.1) is 0 Å². The Labute approximate surface area is 132 Å². The maximum atomic E-state index is 12.5. The summed E-state index contributed by atoms with van der Waals surface area (Å²) in [5.74, 6) is 0.789. The quantitative estimate of drug-likeness (QED) is 0.625. The summed E-state index contributed by atoms with van der Waals surface area (Å²) in [5.41, 5.74) is 0.103. The Balaban J connectivity index is 1.92. The van der Waals surface area contributed by atoms with Crippen molar-refractivity contribution in [2.45, 2.75) is 58.4 Å². The van der Waals surface area contributed by atoms with Crippen molar-refractivity contribution < 1.29 is 4.74 Å². The average molecular weight is 301 g/mol. The fraction of sp³-hybridized carbons (Fsp3) is 0.526. The number of hydrogen-bond acceptors (Lipinski definition) is 2. The molecule has 2 rings (SSSR count). The number of ether oxygens (including phenoxy) is 1. The number of hydrogen-bond donors (Lipinski definition) is 0. The molecule has 0 unspecified atom stereocenters. The summed E-state index contributed by atoms with van der Waals surface area (Å²) in [6, 6.07) is 7.62. The van der Waals surface area contributed by atoms with Gasteiger partial charge in [0.15, 0.2) is 0 Å². The van der Waals surface area contributed by atoms with Crippen molar-refractivity contribution in [3.63, 3.8) is 0 Å². The smallest absolute Gasteiger partial charge is 0.258 e. The zero-order valence-electron chi connectivity index (χ0n) is 13.8. The van der Waals surface area contributed by atoms with Crippen LogP contribution in [0.2, 0.25) is 0 Å². The van der Waals surface area contributed by atoms with E-state index in [0.29, 0.717) is 0 Å². The van der Waals surface area contributed by atoms with Crippen molar-refractivity contribution in [1.82, 2.24) is 4.57 Å². The van der Waals surface area contributed by atoms with Crippen molar-refractivity contribution >= 4 is 10.8 Å². The van der Waals surface area contributed by atoms with Gasteiger partial charge in [-0.1, -0.05) is 45.4 Å². The molecular formula is C19H27NO2. The highest BCUT2D eigenvalue weighted by molar-refractivity contribution is 5.82. The Morgan fingerprint density at radius 1 is 1.00 bits per heavy atom. The number of unbranched alkanes of at least 4 members (excludes halogenated alkanes) is 6. The first-order valence-corrected chi connectivity index (χ1v) is 8.43. The molecule has 2 aromatic rings. The summed E-state index contributed by atoms with van der Waals surface area (Å²) in [5, 5.41) is 1.71. The van der Waals surface area contributed by atoms with Crippen LogP contribution in [0.4, 0.5) is 0 Å². The van der Waals surface area contributed by atoms with Crippen LogP contribution in [0.5, 0.6) is 5.75 Å². The Kier molecular flexibility index (Phi) is 6.50. The molecule has 0 amide bonds. The Morgan fingerprint density at radius 2 is 1.73 bits per heavy atom. The van der Waals surface area contributed by atoms with Crippen LogP contribution in [-0.2, 0) is 6.54 Å². The van der Waals surface area contributed by atoms with Crippen molar-refractivity contribution in [2.75, 3.05) is 7.11 Å². The van der Waals surface area contributed by atoms with Crippen molar-refractivity contribution in [3.05, 3.63) is 40.8 Å². The van der Waals surface area contributed by atoms with Gasteiger partial charge in [0, 0.05) is 18.1 Å². The third kappa shape index (κ3) is 4.36. The zero-order valence-corrected chi connectivity index (χ0v) is 13.8. The van der Waals surface area contributed by atoms with E-state index in [1.807, 2.05) is 35.0 Å². The molecule has 0 fully saturated rings. The van der Waals surface area contributed by atoms with E-state index in [1.54, 1.807) is 7.11 Å². The molecule has 1 heterocycles. The van der Waals surface area contributed by atoms with E-state index in [9.17, 15) is 4.79 Å². The van der Waals surface area contributed by atoms with Crippen molar-refractivity contribution in [3.8, 4) is 5.75 Å². The highest BCUT2D eigenvalue weighted by Gasteiger charge is 2.04. The van der Waals surface area contributed by atoms with E-state index < -0.39 is 0 Å². The summed E-state index contributed by atoms with van der Waals surface area (Å²) in [7, 11) is 1.64. The first kappa shape index (κ1) is 16.6. The second-order valence-electron chi connectivity index (χ2n) is 5.89. The minimum absolute atomic E-state index is 0.103. The Hall–Kier alpha value is -1.77. The minimum atomic E-state index is 0.103. The van der Waals surface area contributed by atoms with Crippen LogP contribution in [0.1, 0.15) is 51.9 Å². The van der Waals surface area contributed by atoms with Crippen molar-refractivity contribution in [2.24, 2.45) is 0 Å². The molecule has 0 saturated carbocycles. The number of benzene rings is 1. The fourth-order valence-electron chi connectivity index (χ4n) is 2.81. The lowest BCUT2D eigenvalue weighted by Gasteiger charge is -2.08. The predicted molar refractivity (Wildman–Crippen MR) is 92.8 cm³/mol. The van der Waals surface area contributed by atoms with Gasteiger partial charge in [-0.05, 0) is 36.1 Å². The molecule has 0 atom stereocenters. The maximum absolute atomic E-state index is 12.5. The standard InChI is InChI=1S/C19H27NO2/c1-3-4-5-6-7-8-9-13-20-14-12-16-15-17(22-2)10-11-18(16)19(20)21/h10-12,14-15H,3-9,13H2,1-2H3. The van der Waals surface area contributed by atoms with E-state index in [2.05, 4.69) is 6.92 Å². The lowest BCUT2D eigenvalue weighted by molar-refractivity contribution is 0.415. The predicted octanol–water partition coefficient (Wildman–Crippen LogP) is 4.76. The molecule has 22 heavy (non-hydrogen) atoms. The molecule has 0 spiro atoms. The number of methoxy groups -OCH3 is 1. The number of rotatable bonds is 9. The summed E-state index contributed by atoms with van der Waals surface area (Å²) in [6.07, 6.45) is 10.8. The van der Waals surface area contributed by atoms with Crippen LogP contribution >= 0.6 is 0 Å². The van der Waals surface area contributed by atoms with Gasteiger partial charge in [0.25, 0.3) is 5.56 Å². The molecule has 0 aliphatic rings. The summed E-state index contributed by atoms with van der Waals surface area (Å²) < 4.78 is 7.04. The molecule has 120 valence electrons. The van der Waals surface area contributed by atoms with Gasteiger partial charge in [0.1, 0.15) is 5.75 Å². The van der Waals surface area contributed by atoms with Gasteiger partial charge in [0.05, 0.1) is 7.11 Å². The second-order valence-corrected chi connectivity index (χ2v) is 5.89. The van der Waals surface area contributed by atoms with Gasteiger partial charge < -0.3 is 9.30 Å². The molecule has 1 aromatic carbocycles. The molecule has 3 heteroatoms. The third-order valence-electron chi connectivity index (χ3n) is 4.19. The van der Waals surface area contributed by atoms with Crippen molar-refractivity contribution in [1.29, 1.82) is 0 Å². The lowest BCUT2D eigenvalue weighted by atomic mass is 10.1. The third-order valence-corrected chi connectivity index (χ3v) is 4.19. The molecule has 0 saturated heterocycles. The molecule has 0 aliphatic heterocycles. The molecular weight excluding hydrogens is 274 g/mol. The van der Waals surface area contributed by atoms with E-state index >= 15 is 0 Å². The van der Waals surface area contributed by atoms with Gasteiger partial charge in [-0.15, -0.1) is 0 Å². The Morgan fingerprint density at radius 3 is 2.45 bits per heavy atom. The number of nitrogens with zero attached hydrogens (tertiary/aromatic N) is 1. The monoisotopic (exact) mass is 301 g/mol. The maximum Gasteiger partial charge on any atom is 0.258 e. The molecule has 0 bridgehead atoms. The summed E-state index contributed by atoms with van der Waals surface area (Å²) in [4.78, 5) is 12.5. The summed E-state index contributed by atoms with van der Waals surface area (Å²) in [6.45, 7) is 3.05. The van der Waals surface area contributed by atoms with E-state index in [4.69, 9.17) is 4.74 Å². The minimum Gasteiger partial charge on any atom is -0.497 e. The normalized spacial score (nSPS) is 11.0. The van der Waals surface area contributed by atoms with Gasteiger partial charge in [0.2, 0.25) is 0 Å². The first-order valence-electron chi connectivity index (χ1n) is 8.43. The number of pyridine rings is 1. The average Bonchev–Trinajstić information content (AvgIpc) is 2.55. The topological polar surface area (TPSA) is 31.2 Å². The molecule has 0 N–H and O–H groups in total. The number of aromatic nitrogens is 1. The zero-order chi connectivity index (χ0) is 15.8. The van der Waals surface area contributed by atoms with Crippen LogP contribution in [0.3, 0.4) is 0 Å². The second kappa shape index (κ2) is 8.62. The highest BCUT2D eigenvalue weighted by Crippen LogP contribution is 2.18. The van der Waals surface area contributed by atoms with Gasteiger partial charge in [-0.25, -0.2) is 0 Å². The van der Waals surface area contributed by atoms with Gasteiger partial charge in [-0.2, -0.15) is 0 Å². The SMILES string of the molecule is CCCCCCCCCn1ccc2cc(OC)ccc2c1=O. The van der Waals surface area contributed by atoms with Crippen LogP contribution in [0.15, 0.2) is 35.3 Å².